The lowest BCUT2D eigenvalue weighted by Gasteiger charge is -2.25. The standard InChI is InChI=1S/C23H25Cl2N3O4/c1-14-21-17(26-27-20(29)13-31-18-9-8-15(24)12-16(18)25)6-5-7-19(21)32-22(14)23(30)28-10-3-2-4-11-28/h8-9,12H,2-7,10-11,13H2,1H3,(H,27,29)/b26-17+. The van der Waals surface area contributed by atoms with Gasteiger partial charge in [-0.15, -0.1) is 0 Å². The fraction of sp³-hybridized carbons (Fsp3) is 0.435. The summed E-state index contributed by atoms with van der Waals surface area (Å²) in [6.45, 7) is 3.17. The molecule has 2 amide bonds. The van der Waals surface area contributed by atoms with Crippen molar-refractivity contribution in [1.82, 2.24) is 10.3 Å². The molecular weight excluding hydrogens is 453 g/mol. The van der Waals surface area contributed by atoms with Crippen molar-refractivity contribution in [3.05, 3.63) is 50.9 Å². The van der Waals surface area contributed by atoms with Gasteiger partial charge in [-0.05, 0) is 57.2 Å². The van der Waals surface area contributed by atoms with Crippen molar-refractivity contribution in [2.24, 2.45) is 5.10 Å². The Morgan fingerprint density at radius 3 is 2.69 bits per heavy atom. The highest BCUT2D eigenvalue weighted by atomic mass is 35.5. The van der Waals surface area contributed by atoms with Gasteiger partial charge in [-0.25, -0.2) is 5.43 Å². The van der Waals surface area contributed by atoms with Gasteiger partial charge in [0.15, 0.2) is 12.4 Å². The number of halogens is 2. The lowest BCUT2D eigenvalue weighted by Crippen LogP contribution is -2.35. The Bertz CT molecular complexity index is 1060. The van der Waals surface area contributed by atoms with Gasteiger partial charge in [0, 0.05) is 35.7 Å². The summed E-state index contributed by atoms with van der Waals surface area (Å²) in [5.74, 6) is 1.03. The maximum absolute atomic E-state index is 13.0. The summed E-state index contributed by atoms with van der Waals surface area (Å²) < 4.78 is 11.4. The average Bonchev–Trinajstić information content (AvgIpc) is 3.14. The molecule has 1 aliphatic heterocycles. The number of rotatable bonds is 5. The van der Waals surface area contributed by atoms with Crippen LogP contribution in [0.1, 0.15) is 59.5 Å². The van der Waals surface area contributed by atoms with Crippen molar-refractivity contribution in [2.45, 2.75) is 45.4 Å². The van der Waals surface area contributed by atoms with Crippen LogP contribution in [0.25, 0.3) is 0 Å². The van der Waals surface area contributed by atoms with Gasteiger partial charge >= 0.3 is 0 Å². The summed E-state index contributed by atoms with van der Waals surface area (Å²) in [6, 6.07) is 4.78. The van der Waals surface area contributed by atoms with E-state index in [-0.39, 0.29) is 12.5 Å². The number of carbonyl (C=O) groups is 2. The van der Waals surface area contributed by atoms with Crippen molar-refractivity contribution in [3.8, 4) is 5.75 Å². The topological polar surface area (TPSA) is 84.1 Å². The van der Waals surface area contributed by atoms with Gasteiger partial charge in [0.2, 0.25) is 0 Å². The molecule has 1 N–H and O–H groups in total. The average molecular weight is 478 g/mol. The highest BCUT2D eigenvalue weighted by Gasteiger charge is 2.30. The molecule has 4 rings (SSSR count). The molecular formula is C23H25Cl2N3O4. The van der Waals surface area contributed by atoms with Crippen LogP contribution < -0.4 is 10.2 Å². The van der Waals surface area contributed by atoms with Crippen molar-refractivity contribution in [2.75, 3.05) is 19.7 Å². The molecule has 1 fully saturated rings. The number of benzene rings is 1. The quantitative estimate of drug-likeness (QED) is 0.629. The highest BCUT2D eigenvalue weighted by molar-refractivity contribution is 6.35. The molecule has 7 nitrogen and oxygen atoms in total. The minimum Gasteiger partial charge on any atom is -0.482 e. The largest absolute Gasteiger partial charge is 0.482 e. The van der Waals surface area contributed by atoms with Gasteiger partial charge in [-0.1, -0.05) is 23.2 Å². The lowest BCUT2D eigenvalue weighted by molar-refractivity contribution is -0.123. The second-order valence-electron chi connectivity index (χ2n) is 8.02. The van der Waals surface area contributed by atoms with Crippen LogP contribution >= 0.6 is 23.2 Å². The van der Waals surface area contributed by atoms with Crippen LogP contribution in [-0.2, 0) is 11.2 Å². The van der Waals surface area contributed by atoms with Crippen LogP contribution in [0.2, 0.25) is 10.0 Å². The number of likely N-dealkylation sites (tertiary alicyclic amines) is 1. The van der Waals surface area contributed by atoms with Crippen LogP contribution in [0.3, 0.4) is 0 Å². The number of piperidine rings is 1. The molecule has 0 spiro atoms. The fourth-order valence-corrected chi connectivity index (χ4v) is 4.59. The maximum Gasteiger partial charge on any atom is 0.289 e. The number of nitrogens with one attached hydrogen (secondary N) is 1. The first-order valence-electron chi connectivity index (χ1n) is 10.8. The SMILES string of the molecule is Cc1c(C(=O)N2CCCCC2)oc2c1/C(=N/NC(=O)COc1ccc(Cl)cc1Cl)CCC2. The molecule has 32 heavy (non-hydrogen) atoms. The molecule has 0 saturated carbocycles. The van der Waals surface area contributed by atoms with E-state index in [1.165, 1.54) is 0 Å². The van der Waals surface area contributed by atoms with Crippen molar-refractivity contribution in [1.29, 1.82) is 0 Å². The Kier molecular flexibility index (Phi) is 7.06. The third kappa shape index (κ3) is 4.94. The van der Waals surface area contributed by atoms with Crippen molar-refractivity contribution >= 4 is 40.7 Å². The second-order valence-corrected chi connectivity index (χ2v) is 8.86. The summed E-state index contributed by atoms with van der Waals surface area (Å²) in [4.78, 5) is 27.1. The summed E-state index contributed by atoms with van der Waals surface area (Å²) in [5.41, 5.74) is 4.87. The number of ether oxygens (including phenoxy) is 1. The van der Waals surface area contributed by atoms with E-state index < -0.39 is 5.91 Å². The number of amides is 2. The summed E-state index contributed by atoms with van der Waals surface area (Å²) in [5, 5.41) is 5.13. The van der Waals surface area contributed by atoms with Crippen LogP contribution in [0.15, 0.2) is 27.7 Å². The van der Waals surface area contributed by atoms with Crippen LogP contribution in [0.5, 0.6) is 5.75 Å². The maximum atomic E-state index is 13.0. The summed E-state index contributed by atoms with van der Waals surface area (Å²) >= 11 is 11.9. The molecule has 0 bridgehead atoms. The molecule has 1 aliphatic carbocycles. The molecule has 9 heteroatoms. The monoisotopic (exact) mass is 477 g/mol. The predicted molar refractivity (Wildman–Crippen MR) is 123 cm³/mol. The fourth-order valence-electron chi connectivity index (χ4n) is 4.12. The normalized spacial score (nSPS) is 17.2. The van der Waals surface area contributed by atoms with Gasteiger partial charge in [-0.3, -0.25) is 9.59 Å². The van der Waals surface area contributed by atoms with Gasteiger partial charge in [0.1, 0.15) is 11.5 Å². The molecule has 0 radical (unpaired) electrons. The zero-order valence-electron chi connectivity index (χ0n) is 17.9. The number of nitrogens with zero attached hydrogens (tertiary/aromatic N) is 2. The molecule has 2 aromatic rings. The van der Waals surface area contributed by atoms with Crippen LogP contribution in [-0.4, -0.2) is 42.1 Å². The molecule has 0 atom stereocenters. The highest BCUT2D eigenvalue weighted by Crippen LogP contribution is 2.31. The van der Waals surface area contributed by atoms with Crippen molar-refractivity contribution < 1.29 is 18.7 Å². The number of furan rings is 1. The molecule has 0 unspecified atom stereocenters. The van der Waals surface area contributed by atoms with E-state index in [1.54, 1.807) is 18.2 Å². The Hall–Kier alpha value is -2.51. The third-order valence-corrected chi connectivity index (χ3v) is 6.26. The smallest absolute Gasteiger partial charge is 0.289 e. The number of carbonyl (C=O) groups excluding carboxylic acids is 2. The number of fused-ring (bicyclic) bond motifs is 1. The van der Waals surface area contributed by atoms with Crippen LogP contribution in [0.4, 0.5) is 0 Å². The Morgan fingerprint density at radius 2 is 1.94 bits per heavy atom. The Balaban J connectivity index is 1.44. The third-order valence-electron chi connectivity index (χ3n) is 5.73. The minimum absolute atomic E-state index is 0.0618. The zero-order chi connectivity index (χ0) is 22.7. The molecule has 1 aromatic carbocycles. The summed E-state index contributed by atoms with van der Waals surface area (Å²) in [7, 11) is 0. The van der Waals surface area contributed by atoms with Crippen molar-refractivity contribution in [3.63, 3.8) is 0 Å². The first-order valence-corrected chi connectivity index (χ1v) is 11.5. The molecule has 1 aromatic heterocycles. The number of hydrogen-bond donors (Lipinski definition) is 1. The Morgan fingerprint density at radius 1 is 1.16 bits per heavy atom. The summed E-state index contributed by atoms with van der Waals surface area (Å²) in [6.07, 6.45) is 5.47. The van der Waals surface area contributed by atoms with Gasteiger partial charge in [0.05, 0.1) is 10.7 Å². The second kappa shape index (κ2) is 9.96. The van der Waals surface area contributed by atoms with E-state index in [4.69, 9.17) is 32.4 Å². The number of hydrogen-bond acceptors (Lipinski definition) is 5. The first-order chi connectivity index (χ1) is 15.4. The van der Waals surface area contributed by atoms with E-state index in [0.29, 0.717) is 33.7 Å². The minimum atomic E-state index is -0.415. The van der Waals surface area contributed by atoms with Gasteiger partial charge in [-0.2, -0.15) is 5.10 Å². The van der Waals surface area contributed by atoms with E-state index in [0.717, 1.165) is 62.1 Å². The molecule has 2 heterocycles. The molecule has 170 valence electrons. The van der Waals surface area contributed by atoms with E-state index in [2.05, 4.69) is 10.5 Å². The lowest BCUT2D eigenvalue weighted by atomic mass is 9.93. The van der Waals surface area contributed by atoms with Crippen LogP contribution in [0, 0.1) is 6.92 Å². The first kappa shape index (κ1) is 22.7. The zero-order valence-corrected chi connectivity index (χ0v) is 19.4. The van der Waals surface area contributed by atoms with Gasteiger partial charge in [0.25, 0.3) is 11.8 Å². The van der Waals surface area contributed by atoms with Gasteiger partial charge < -0.3 is 14.1 Å². The number of aryl methyl sites for hydroxylation is 1. The number of hydrazone groups is 1. The predicted octanol–water partition coefficient (Wildman–Crippen LogP) is 4.76. The Labute approximate surface area is 196 Å². The van der Waals surface area contributed by atoms with E-state index in [9.17, 15) is 9.59 Å². The van der Waals surface area contributed by atoms with E-state index >= 15 is 0 Å². The molecule has 2 aliphatic rings. The molecule has 1 saturated heterocycles. The van der Waals surface area contributed by atoms with E-state index in [1.807, 2.05) is 11.8 Å².